The molecule has 0 fully saturated rings. The van der Waals surface area contributed by atoms with Gasteiger partial charge in [-0.05, 0) is 43.3 Å². The van der Waals surface area contributed by atoms with E-state index in [9.17, 15) is 4.79 Å². The third kappa shape index (κ3) is 3.22. The van der Waals surface area contributed by atoms with Crippen molar-refractivity contribution in [3.8, 4) is 0 Å². The highest BCUT2D eigenvalue weighted by Gasteiger charge is 2.11. The molecule has 0 bridgehead atoms. The Balaban J connectivity index is 1.73. The Morgan fingerprint density at radius 2 is 2.19 bits per heavy atom. The van der Waals surface area contributed by atoms with Crippen LogP contribution in [0.2, 0.25) is 0 Å². The molecule has 3 aromatic rings. The number of hydrogen-bond donors (Lipinski definition) is 1. The van der Waals surface area contributed by atoms with Gasteiger partial charge in [-0.3, -0.25) is 4.79 Å². The highest BCUT2D eigenvalue weighted by Crippen LogP contribution is 2.23. The highest BCUT2D eigenvalue weighted by molar-refractivity contribution is 9.10. The lowest BCUT2D eigenvalue weighted by Crippen LogP contribution is -2.16. The predicted molar refractivity (Wildman–Crippen MR) is 88.0 cm³/mol. The van der Waals surface area contributed by atoms with Crippen molar-refractivity contribution in [3.63, 3.8) is 0 Å². The number of hydrogen-bond acceptors (Lipinski definition) is 4. The van der Waals surface area contributed by atoms with E-state index < -0.39 is 0 Å². The van der Waals surface area contributed by atoms with E-state index in [-0.39, 0.29) is 11.7 Å². The van der Waals surface area contributed by atoms with E-state index in [0.717, 1.165) is 14.7 Å². The number of fused-ring (bicyclic) bond motifs is 1. The summed E-state index contributed by atoms with van der Waals surface area (Å²) < 4.78 is 6.43. The number of halogens is 1. The molecule has 0 unspecified atom stereocenters. The third-order valence-electron chi connectivity index (χ3n) is 2.82. The minimum absolute atomic E-state index is 0.239. The average molecular weight is 363 g/mol. The molecule has 2 heterocycles. The Hall–Kier alpha value is -1.92. The first kappa shape index (κ1) is 14.0. The molecule has 0 saturated heterocycles. The fourth-order valence-corrected chi connectivity index (χ4v) is 2.99. The second-order valence-electron chi connectivity index (χ2n) is 4.44. The number of rotatable bonds is 3. The quantitative estimate of drug-likeness (QED) is 0.556. The molecule has 0 spiro atoms. The summed E-state index contributed by atoms with van der Waals surface area (Å²) in [6, 6.07) is 11.2. The van der Waals surface area contributed by atoms with E-state index in [2.05, 4.69) is 26.5 Å². The van der Waals surface area contributed by atoms with Crippen molar-refractivity contribution in [1.29, 1.82) is 0 Å². The molecule has 1 N–H and O–H groups in total. The van der Waals surface area contributed by atoms with Gasteiger partial charge in [-0.1, -0.05) is 15.9 Å². The van der Waals surface area contributed by atoms with Crippen molar-refractivity contribution in [3.05, 3.63) is 56.4 Å². The van der Waals surface area contributed by atoms with Crippen molar-refractivity contribution >= 4 is 50.4 Å². The van der Waals surface area contributed by atoms with Crippen LogP contribution in [0.5, 0.6) is 0 Å². The van der Waals surface area contributed by atoms with E-state index in [1.165, 1.54) is 4.88 Å². The number of amides is 1. The zero-order chi connectivity index (χ0) is 14.8. The van der Waals surface area contributed by atoms with Crippen LogP contribution in [-0.2, 0) is 0 Å². The summed E-state index contributed by atoms with van der Waals surface area (Å²) in [5.41, 5.74) is 3.13. The largest absolute Gasteiger partial charge is 0.451 e. The second-order valence-corrected chi connectivity index (χ2v) is 6.68. The van der Waals surface area contributed by atoms with Crippen LogP contribution in [0.1, 0.15) is 20.3 Å². The molecule has 2 aromatic heterocycles. The molecule has 0 aliphatic heterocycles. The van der Waals surface area contributed by atoms with Crippen LogP contribution in [0.3, 0.4) is 0 Å². The van der Waals surface area contributed by atoms with E-state index in [0.29, 0.717) is 5.58 Å². The predicted octanol–water partition coefficient (Wildman–Crippen LogP) is 4.33. The first-order valence-electron chi connectivity index (χ1n) is 6.21. The molecule has 106 valence electrons. The van der Waals surface area contributed by atoms with Gasteiger partial charge in [-0.15, -0.1) is 11.3 Å². The Labute approximate surface area is 133 Å². The highest BCUT2D eigenvalue weighted by atomic mass is 79.9. The molecule has 4 nitrogen and oxygen atoms in total. The topological polar surface area (TPSA) is 54.6 Å². The summed E-state index contributed by atoms with van der Waals surface area (Å²) in [5.74, 6) is -0.130. The van der Waals surface area contributed by atoms with Gasteiger partial charge in [0.15, 0.2) is 5.76 Å². The summed E-state index contributed by atoms with van der Waals surface area (Å²) in [6.07, 6.45) is 1.62. The number of furan rings is 1. The van der Waals surface area contributed by atoms with Crippen LogP contribution in [0.15, 0.2) is 50.4 Å². The van der Waals surface area contributed by atoms with Crippen LogP contribution in [0.25, 0.3) is 11.0 Å². The maximum absolute atomic E-state index is 12.0. The number of aryl methyl sites for hydroxylation is 1. The normalized spacial score (nSPS) is 11.3. The molecule has 1 amide bonds. The summed E-state index contributed by atoms with van der Waals surface area (Å²) in [6.45, 7) is 2.02. The number of nitrogens with one attached hydrogen (secondary N) is 1. The zero-order valence-corrected chi connectivity index (χ0v) is 13.5. The van der Waals surface area contributed by atoms with Crippen molar-refractivity contribution in [2.24, 2.45) is 5.10 Å². The van der Waals surface area contributed by atoms with Gasteiger partial charge in [0.1, 0.15) is 5.58 Å². The van der Waals surface area contributed by atoms with Gasteiger partial charge >= 0.3 is 5.91 Å². The lowest BCUT2D eigenvalue weighted by atomic mass is 10.2. The van der Waals surface area contributed by atoms with Crippen LogP contribution >= 0.6 is 27.3 Å². The molecule has 21 heavy (non-hydrogen) atoms. The monoisotopic (exact) mass is 362 g/mol. The van der Waals surface area contributed by atoms with Gasteiger partial charge in [0.05, 0.1) is 6.21 Å². The molecular weight excluding hydrogens is 352 g/mol. The van der Waals surface area contributed by atoms with Crippen molar-refractivity contribution in [2.75, 3.05) is 0 Å². The minimum Gasteiger partial charge on any atom is -0.451 e. The molecule has 0 radical (unpaired) electrons. The van der Waals surface area contributed by atoms with E-state index >= 15 is 0 Å². The number of carbonyl (C=O) groups is 1. The summed E-state index contributed by atoms with van der Waals surface area (Å²) in [5, 5.41) is 4.80. The fourth-order valence-electron chi connectivity index (χ4n) is 1.86. The molecular formula is C15H11BrN2O2S. The van der Waals surface area contributed by atoms with Crippen molar-refractivity contribution < 1.29 is 9.21 Å². The SMILES string of the molecule is Cc1ccc(/C=N/NC(=O)c2cc3cc(Br)ccc3o2)s1. The standard InChI is InChI=1S/C15H11BrN2O2S/c1-9-2-4-12(21-9)8-17-18-15(19)14-7-10-6-11(16)3-5-13(10)20-14/h2-8H,1H3,(H,18,19)/b17-8+. The lowest BCUT2D eigenvalue weighted by molar-refractivity contribution is 0.0929. The van der Waals surface area contributed by atoms with Crippen LogP contribution < -0.4 is 5.43 Å². The van der Waals surface area contributed by atoms with Gasteiger partial charge in [-0.25, -0.2) is 5.43 Å². The Morgan fingerprint density at radius 1 is 1.33 bits per heavy atom. The van der Waals surface area contributed by atoms with Crippen LogP contribution in [-0.4, -0.2) is 12.1 Å². The molecule has 0 aliphatic carbocycles. The van der Waals surface area contributed by atoms with Gasteiger partial charge in [-0.2, -0.15) is 5.10 Å². The molecule has 0 aliphatic rings. The molecule has 1 aromatic carbocycles. The average Bonchev–Trinajstić information content (AvgIpc) is 3.04. The number of nitrogens with zero attached hydrogens (tertiary/aromatic N) is 1. The van der Waals surface area contributed by atoms with E-state index in [1.807, 2.05) is 37.3 Å². The molecule has 0 atom stereocenters. The lowest BCUT2D eigenvalue weighted by Gasteiger charge is -1.93. The Bertz CT molecular complexity index is 835. The van der Waals surface area contributed by atoms with E-state index in [4.69, 9.17) is 4.42 Å². The van der Waals surface area contributed by atoms with Gasteiger partial charge in [0.2, 0.25) is 0 Å². The van der Waals surface area contributed by atoms with Gasteiger partial charge in [0, 0.05) is 19.6 Å². The molecule has 3 rings (SSSR count). The molecule has 0 saturated carbocycles. The maximum atomic E-state index is 12.0. The number of benzene rings is 1. The zero-order valence-electron chi connectivity index (χ0n) is 11.1. The summed E-state index contributed by atoms with van der Waals surface area (Å²) >= 11 is 5.00. The minimum atomic E-state index is -0.369. The third-order valence-corrected chi connectivity index (χ3v) is 4.25. The summed E-state index contributed by atoms with van der Waals surface area (Å²) in [4.78, 5) is 14.2. The second kappa shape index (κ2) is 5.83. The Morgan fingerprint density at radius 3 is 2.95 bits per heavy atom. The smallest absolute Gasteiger partial charge is 0.307 e. The number of thiophene rings is 1. The fraction of sp³-hybridized carbons (Fsp3) is 0.0667. The van der Waals surface area contributed by atoms with Gasteiger partial charge < -0.3 is 4.42 Å². The maximum Gasteiger partial charge on any atom is 0.307 e. The first-order valence-corrected chi connectivity index (χ1v) is 7.82. The van der Waals surface area contributed by atoms with Gasteiger partial charge in [0.25, 0.3) is 0 Å². The number of carbonyl (C=O) groups excluding carboxylic acids is 1. The van der Waals surface area contributed by atoms with Crippen LogP contribution in [0.4, 0.5) is 0 Å². The van der Waals surface area contributed by atoms with Crippen molar-refractivity contribution in [2.45, 2.75) is 6.92 Å². The van der Waals surface area contributed by atoms with E-state index in [1.54, 1.807) is 23.6 Å². The number of hydrazone groups is 1. The Kier molecular flexibility index (Phi) is 3.90. The van der Waals surface area contributed by atoms with Crippen molar-refractivity contribution in [1.82, 2.24) is 5.43 Å². The molecule has 6 heteroatoms. The summed E-state index contributed by atoms with van der Waals surface area (Å²) in [7, 11) is 0. The van der Waals surface area contributed by atoms with Crippen LogP contribution in [0, 0.1) is 6.92 Å². The first-order chi connectivity index (χ1) is 10.1.